The number of nitrogens with zero attached hydrogens (tertiary/aromatic N) is 4. The van der Waals surface area contributed by atoms with Gasteiger partial charge in [0.05, 0.1) is 11.2 Å². The molecule has 2 saturated heterocycles. The average Bonchev–Trinajstić information content (AvgIpc) is 3.25. The molecule has 1 aromatic heterocycles. The lowest BCUT2D eigenvalue weighted by molar-refractivity contribution is -0.274. The Morgan fingerprint density at radius 3 is 2.23 bits per heavy atom. The zero-order valence-corrected chi connectivity index (χ0v) is 19.3. The van der Waals surface area contributed by atoms with Gasteiger partial charge in [0.2, 0.25) is 0 Å². The van der Waals surface area contributed by atoms with Gasteiger partial charge in [0, 0.05) is 44.3 Å². The van der Waals surface area contributed by atoms with Crippen LogP contribution in [0.1, 0.15) is 24.8 Å². The van der Waals surface area contributed by atoms with Gasteiger partial charge in [0.15, 0.2) is 0 Å². The standard InChI is InChI=1S/C26H25F3N4O2/c1-31-22-5-3-2-4-20(22)23(21(16-30)24(31)34)32-13-10-25(11-14-32)12-15-33(17-25)18-6-8-19(9-7-18)35-26(27,28)29/h2-9H,10-15,17H2,1H3. The van der Waals surface area contributed by atoms with Crippen molar-refractivity contribution >= 4 is 22.3 Å². The van der Waals surface area contributed by atoms with E-state index in [9.17, 15) is 23.2 Å². The maximum atomic E-state index is 12.9. The summed E-state index contributed by atoms with van der Waals surface area (Å²) in [5.41, 5.74) is 2.39. The number of rotatable bonds is 3. The van der Waals surface area contributed by atoms with Gasteiger partial charge in [-0.25, -0.2) is 0 Å². The van der Waals surface area contributed by atoms with Crippen LogP contribution in [-0.4, -0.2) is 37.1 Å². The third kappa shape index (κ3) is 4.29. The molecule has 0 bridgehead atoms. The summed E-state index contributed by atoms with van der Waals surface area (Å²) in [6.07, 6.45) is -1.89. The quantitative estimate of drug-likeness (QED) is 0.537. The Labute approximate surface area is 200 Å². The first-order chi connectivity index (χ1) is 16.7. The van der Waals surface area contributed by atoms with Crippen LogP contribution in [0.2, 0.25) is 0 Å². The highest BCUT2D eigenvalue weighted by molar-refractivity contribution is 5.95. The average molecular weight is 483 g/mol. The largest absolute Gasteiger partial charge is 0.573 e. The number of benzene rings is 2. The first-order valence-electron chi connectivity index (χ1n) is 11.6. The van der Waals surface area contributed by atoms with Crippen molar-refractivity contribution in [3.05, 3.63) is 64.4 Å². The van der Waals surface area contributed by atoms with Crippen LogP contribution in [-0.2, 0) is 7.05 Å². The van der Waals surface area contributed by atoms with E-state index in [-0.39, 0.29) is 22.3 Å². The fraction of sp³-hybridized carbons (Fsp3) is 0.385. The van der Waals surface area contributed by atoms with Gasteiger partial charge in [-0.3, -0.25) is 4.79 Å². The molecule has 3 heterocycles. The number of hydrogen-bond donors (Lipinski definition) is 0. The highest BCUT2D eigenvalue weighted by Crippen LogP contribution is 2.44. The fourth-order valence-corrected chi connectivity index (χ4v) is 5.54. The van der Waals surface area contributed by atoms with Crippen molar-refractivity contribution in [2.75, 3.05) is 36.0 Å². The van der Waals surface area contributed by atoms with Crippen LogP contribution in [0.5, 0.6) is 5.75 Å². The van der Waals surface area contributed by atoms with E-state index in [4.69, 9.17) is 0 Å². The molecule has 6 nitrogen and oxygen atoms in total. The van der Waals surface area contributed by atoms with Crippen LogP contribution in [0.25, 0.3) is 10.9 Å². The minimum atomic E-state index is -4.70. The number of aryl methyl sites for hydroxylation is 1. The summed E-state index contributed by atoms with van der Waals surface area (Å²) in [5, 5.41) is 10.7. The molecule has 0 amide bonds. The molecule has 1 spiro atoms. The Morgan fingerprint density at radius 1 is 0.971 bits per heavy atom. The Balaban J connectivity index is 1.33. The molecule has 0 atom stereocenters. The summed E-state index contributed by atoms with van der Waals surface area (Å²) in [6.45, 7) is 3.12. The molecule has 0 saturated carbocycles. The zero-order chi connectivity index (χ0) is 24.8. The number of para-hydroxylation sites is 1. The molecule has 35 heavy (non-hydrogen) atoms. The lowest BCUT2D eigenvalue weighted by atomic mass is 9.77. The predicted octanol–water partition coefficient (Wildman–Crippen LogP) is 4.81. The maximum Gasteiger partial charge on any atom is 0.573 e. The first kappa shape index (κ1) is 23.1. The number of piperidine rings is 1. The summed E-state index contributed by atoms with van der Waals surface area (Å²) in [4.78, 5) is 17.2. The summed E-state index contributed by atoms with van der Waals surface area (Å²) < 4.78 is 42.8. The van der Waals surface area contributed by atoms with Gasteiger partial charge in [0.1, 0.15) is 17.4 Å². The Kier molecular flexibility index (Phi) is 5.62. The smallest absolute Gasteiger partial charge is 0.406 e. The number of halogens is 3. The van der Waals surface area contributed by atoms with Gasteiger partial charge in [0.25, 0.3) is 5.56 Å². The number of ether oxygens (including phenoxy) is 1. The molecular weight excluding hydrogens is 457 g/mol. The number of anilines is 2. The minimum absolute atomic E-state index is 0.0972. The summed E-state index contributed by atoms with van der Waals surface area (Å²) in [6, 6.07) is 15.8. The van der Waals surface area contributed by atoms with Crippen LogP contribution >= 0.6 is 0 Å². The normalized spacial score (nSPS) is 17.7. The molecule has 5 rings (SSSR count). The lowest BCUT2D eigenvalue weighted by Crippen LogP contribution is -2.42. The second-order valence-corrected chi connectivity index (χ2v) is 9.42. The topological polar surface area (TPSA) is 61.5 Å². The van der Waals surface area contributed by atoms with Gasteiger partial charge >= 0.3 is 6.36 Å². The van der Waals surface area contributed by atoms with E-state index in [0.717, 1.165) is 67.7 Å². The molecule has 2 aliphatic rings. The second kappa shape index (κ2) is 8.52. The van der Waals surface area contributed by atoms with Crippen molar-refractivity contribution in [2.45, 2.75) is 25.6 Å². The lowest BCUT2D eigenvalue weighted by Gasteiger charge is -2.41. The van der Waals surface area contributed by atoms with E-state index in [1.807, 2.05) is 24.3 Å². The number of alkyl halides is 3. The first-order valence-corrected chi connectivity index (χ1v) is 11.6. The molecule has 9 heteroatoms. The highest BCUT2D eigenvalue weighted by atomic mass is 19.4. The number of nitriles is 1. The molecule has 2 aromatic carbocycles. The highest BCUT2D eigenvalue weighted by Gasteiger charge is 2.41. The Bertz CT molecular complexity index is 1350. The number of hydrogen-bond acceptors (Lipinski definition) is 5. The third-order valence-corrected chi connectivity index (χ3v) is 7.40. The maximum absolute atomic E-state index is 12.9. The number of pyridine rings is 1. The van der Waals surface area contributed by atoms with Crippen LogP contribution < -0.4 is 20.1 Å². The fourth-order valence-electron chi connectivity index (χ4n) is 5.54. The Morgan fingerprint density at radius 2 is 1.60 bits per heavy atom. The summed E-state index contributed by atoms with van der Waals surface area (Å²) in [7, 11) is 1.69. The van der Waals surface area contributed by atoms with Crippen molar-refractivity contribution in [1.82, 2.24) is 4.57 Å². The summed E-state index contributed by atoms with van der Waals surface area (Å²) in [5.74, 6) is -0.224. The van der Waals surface area contributed by atoms with E-state index in [1.54, 1.807) is 19.2 Å². The van der Waals surface area contributed by atoms with Gasteiger partial charge in [-0.05, 0) is 55.0 Å². The van der Waals surface area contributed by atoms with E-state index in [1.165, 1.54) is 16.7 Å². The molecular formula is C26H25F3N4O2. The molecule has 2 fully saturated rings. The van der Waals surface area contributed by atoms with Crippen molar-refractivity contribution < 1.29 is 17.9 Å². The molecule has 0 aliphatic carbocycles. The van der Waals surface area contributed by atoms with Crippen LogP contribution in [0.3, 0.4) is 0 Å². The van der Waals surface area contributed by atoms with E-state index in [2.05, 4.69) is 20.6 Å². The van der Waals surface area contributed by atoms with E-state index < -0.39 is 6.36 Å². The molecule has 0 unspecified atom stereocenters. The number of aromatic nitrogens is 1. The molecule has 0 N–H and O–H groups in total. The second-order valence-electron chi connectivity index (χ2n) is 9.42. The van der Waals surface area contributed by atoms with Gasteiger partial charge in [-0.2, -0.15) is 5.26 Å². The number of fused-ring (bicyclic) bond motifs is 1. The SMILES string of the molecule is Cn1c(=O)c(C#N)c(N2CCC3(CCN(c4ccc(OC(F)(F)F)cc4)C3)CC2)c2ccccc21. The third-order valence-electron chi connectivity index (χ3n) is 7.40. The summed E-state index contributed by atoms with van der Waals surface area (Å²) >= 11 is 0. The van der Waals surface area contributed by atoms with Gasteiger partial charge in [-0.1, -0.05) is 18.2 Å². The molecule has 2 aliphatic heterocycles. The molecule has 182 valence electrons. The van der Waals surface area contributed by atoms with Crippen LogP contribution in [0, 0.1) is 16.7 Å². The van der Waals surface area contributed by atoms with Crippen LogP contribution in [0.15, 0.2) is 53.3 Å². The van der Waals surface area contributed by atoms with Gasteiger partial charge in [-0.15, -0.1) is 13.2 Å². The predicted molar refractivity (Wildman–Crippen MR) is 128 cm³/mol. The molecule has 0 radical (unpaired) electrons. The van der Waals surface area contributed by atoms with E-state index in [0.29, 0.717) is 0 Å². The minimum Gasteiger partial charge on any atom is -0.406 e. The zero-order valence-electron chi connectivity index (χ0n) is 19.3. The van der Waals surface area contributed by atoms with Crippen LogP contribution in [0.4, 0.5) is 24.5 Å². The monoisotopic (exact) mass is 482 g/mol. The van der Waals surface area contributed by atoms with Crippen molar-refractivity contribution in [3.63, 3.8) is 0 Å². The van der Waals surface area contributed by atoms with Crippen molar-refractivity contribution in [2.24, 2.45) is 12.5 Å². The van der Waals surface area contributed by atoms with E-state index >= 15 is 0 Å². The molecule has 3 aromatic rings. The van der Waals surface area contributed by atoms with Crippen molar-refractivity contribution in [1.29, 1.82) is 5.26 Å². The van der Waals surface area contributed by atoms with Crippen molar-refractivity contribution in [3.8, 4) is 11.8 Å². The Hall–Kier alpha value is -3.67. The van der Waals surface area contributed by atoms with Gasteiger partial charge < -0.3 is 19.1 Å².